The van der Waals surface area contributed by atoms with Crippen LogP contribution < -0.4 is 4.74 Å². The molecule has 1 aromatic carbocycles. The highest BCUT2D eigenvalue weighted by atomic mass is 32.2. The van der Waals surface area contributed by atoms with Gasteiger partial charge in [0.25, 0.3) is 5.91 Å². The van der Waals surface area contributed by atoms with Gasteiger partial charge in [0.1, 0.15) is 22.8 Å². The Bertz CT molecular complexity index is 1540. The fraction of sp³-hybridized carbons (Fsp3) is 0.400. The minimum absolute atomic E-state index is 0.0583. The van der Waals surface area contributed by atoms with Gasteiger partial charge in [0.05, 0.1) is 25.4 Å². The molecule has 12 nitrogen and oxygen atoms in total. The van der Waals surface area contributed by atoms with Gasteiger partial charge in [-0.1, -0.05) is 29.1 Å². The minimum Gasteiger partial charge on any atom is -0.497 e. The van der Waals surface area contributed by atoms with Gasteiger partial charge in [0.15, 0.2) is 26.4 Å². The smallest absolute Gasteiger partial charge is 0.330 e. The number of methoxy groups -OCH3 is 1. The lowest BCUT2D eigenvalue weighted by Crippen LogP contribution is -2.59. The van der Waals surface area contributed by atoms with Crippen LogP contribution in [0.2, 0.25) is 0 Å². The minimum atomic E-state index is -3.94. The first kappa shape index (κ1) is 26.9. The third kappa shape index (κ3) is 4.71. The Labute approximate surface area is 229 Å². The van der Waals surface area contributed by atoms with Crippen LogP contribution in [-0.2, 0) is 44.4 Å². The average Bonchev–Trinajstić information content (AvgIpc) is 3.57. The molecule has 2 atom stereocenters. The van der Waals surface area contributed by atoms with Crippen LogP contribution in [-0.4, -0.2) is 78.8 Å². The fourth-order valence-corrected chi connectivity index (χ4v) is 7.62. The molecule has 206 valence electrons. The van der Waals surface area contributed by atoms with E-state index in [-0.39, 0.29) is 12.2 Å². The maximum absolute atomic E-state index is 13.5. The summed E-state index contributed by atoms with van der Waals surface area (Å²) in [5, 5.41) is 7.78. The van der Waals surface area contributed by atoms with E-state index in [1.807, 2.05) is 17.8 Å². The molecule has 4 heterocycles. The highest BCUT2D eigenvalue weighted by Crippen LogP contribution is 2.49. The zero-order chi connectivity index (χ0) is 27.9. The predicted molar refractivity (Wildman–Crippen MR) is 142 cm³/mol. The van der Waals surface area contributed by atoms with Crippen molar-refractivity contribution >= 4 is 39.6 Å². The SMILES string of the molecule is COc1ccc(COC(=O)[C@@H]2N3C(=O)/C(=C/c4cn(CCSc5nccn5C)nn4)[C@H]3S(=O)(=O)C2(C)C)cc1. The molecule has 5 rings (SSSR count). The van der Waals surface area contributed by atoms with E-state index in [2.05, 4.69) is 15.3 Å². The Hall–Kier alpha value is -3.65. The summed E-state index contributed by atoms with van der Waals surface area (Å²) in [6.07, 6.45) is 6.67. The van der Waals surface area contributed by atoms with Crippen molar-refractivity contribution in [1.82, 2.24) is 29.4 Å². The molecular weight excluding hydrogens is 544 g/mol. The first-order valence-electron chi connectivity index (χ1n) is 12.1. The molecule has 0 spiro atoms. The lowest BCUT2D eigenvalue weighted by atomic mass is 9.95. The number of aryl methyl sites for hydroxylation is 2. The van der Waals surface area contributed by atoms with Crippen molar-refractivity contribution in [2.45, 2.75) is 48.3 Å². The quantitative estimate of drug-likeness (QED) is 0.161. The highest BCUT2D eigenvalue weighted by Gasteiger charge is 2.70. The van der Waals surface area contributed by atoms with Gasteiger partial charge < -0.3 is 18.9 Å². The fourth-order valence-electron chi connectivity index (χ4n) is 4.65. The number of hydrogen-bond acceptors (Lipinski definition) is 10. The normalized spacial score (nSPS) is 22.0. The molecule has 3 aromatic rings. The molecule has 0 radical (unpaired) electrons. The van der Waals surface area contributed by atoms with Crippen molar-refractivity contribution in [2.75, 3.05) is 12.9 Å². The topological polar surface area (TPSA) is 139 Å². The molecule has 1 amide bonds. The lowest BCUT2D eigenvalue weighted by Gasteiger charge is -2.38. The highest BCUT2D eigenvalue weighted by molar-refractivity contribution is 7.99. The van der Waals surface area contributed by atoms with E-state index in [0.29, 0.717) is 29.3 Å². The van der Waals surface area contributed by atoms with E-state index in [1.165, 1.54) is 19.9 Å². The zero-order valence-corrected chi connectivity index (χ0v) is 23.5. The van der Waals surface area contributed by atoms with E-state index in [9.17, 15) is 18.0 Å². The molecule has 0 N–H and O–H groups in total. The second-order valence-corrected chi connectivity index (χ2v) is 13.4. The number of aromatic nitrogens is 5. The lowest BCUT2D eigenvalue weighted by molar-refractivity contribution is -0.158. The molecular formula is C25H28N6O6S2. The third-order valence-electron chi connectivity index (χ3n) is 6.92. The first-order valence-corrected chi connectivity index (χ1v) is 14.7. The molecule has 0 saturated carbocycles. The van der Waals surface area contributed by atoms with Crippen LogP contribution in [0.5, 0.6) is 5.75 Å². The predicted octanol–water partition coefficient (Wildman–Crippen LogP) is 1.68. The van der Waals surface area contributed by atoms with E-state index in [1.54, 1.807) is 60.2 Å². The van der Waals surface area contributed by atoms with Crippen molar-refractivity contribution in [3.63, 3.8) is 0 Å². The maximum atomic E-state index is 13.5. The van der Waals surface area contributed by atoms with E-state index in [4.69, 9.17) is 9.47 Å². The average molecular weight is 573 g/mol. The molecule has 2 aliphatic rings. The number of esters is 1. The van der Waals surface area contributed by atoms with Gasteiger partial charge in [-0.25, -0.2) is 18.2 Å². The Morgan fingerprint density at radius 1 is 1.23 bits per heavy atom. The van der Waals surface area contributed by atoms with Crippen molar-refractivity contribution in [1.29, 1.82) is 0 Å². The van der Waals surface area contributed by atoms with Crippen LogP contribution in [0.4, 0.5) is 0 Å². The summed E-state index contributed by atoms with van der Waals surface area (Å²) in [5.74, 6) is 0.0401. The number of rotatable bonds is 9. The molecule has 2 aliphatic heterocycles. The van der Waals surface area contributed by atoms with Gasteiger partial charge in [0, 0.05) is 25.2 Å². The number of ether oxygens (including phenoxy) is 2. The summed E-state index contributed by atoms with van der Waals surface area (Å²) in [5.41, 5.74) is 1.12. The standard InChI is InChI=1S/C25H28N6O6S2/c1-25(2)20(23(33)37-15-16-5-7-18(36-4)8-6-16)31-21(32)19(22(31)39(25,34)35)13-17-14-30(28-27-17)11-12-38-24-26-9-10-29(24)3/h5-10,13-14,20,22H,11-12,15H2,1-4H3/b19-13-/t20-,22+/m0/s1. The van der Waals surface area contributed by atoms with Crippen LogP contribution in [0.1, 0.15) is 25.1 Å². The summed E-state index contributed by atoms with van der Waals surface area (Å²) >= 11 is 1.57. The number of sulfone groups is 1. The summed E-state index contributed by atoms with van der Waals surface area (Å²) in [6, 6.07) is 5.68. The molecule has 2 fully saturated rings. The number of β-lactam (4-membered cyclic amide) rings is 1. The number of fused-ring (bicyclic) bond motifs is 1. The summed E-state index contributed by atoms with van der Waals surface area (Å²) in [7, 11) is -0.476. The maximum Gasteiger partial charge on any atom is 0.330 e. The molecule has 39 heavy (non-hydrogen) atoms. The van der Waals surface area contributed by atoms with Crippen LogP contribution >= 0.6 is 11.8 Å². The molecule has 0 unspecified atom stereocenters. The van der Waals surface area contributed by atoms with E-state index < -0.39 is 37.9 Å². The molecule has 2 saturated heterocycles. The van der Waals surface area contributed by atoms with Gasteiger partial charge in [-0.15, -0.1) is 5.10 Å². The second kappa shape index (κ2) is 10.2. The summed E-state index contributed by atoms with van der Waals surface area (Å²) in [4.78, 5) is 31.6. The Morgan fingerprint density at radius 3 is 2.64 bits per heavy atom. The van der Waals surface area contributed by atoms with Crippen molar-refractivity contribution in [3.8, 4) is 5.75 Å². The van der Waals surface area contributed by atoms with Crippen molar-refractivity contribution in [3.05, 3.63) is 59.7 Å². The third-order valence-corrected chi connectivity index (χ3v) is 10.7. The largest absolute Gasteiger partial charge is 0.497 e. The number of hydrogen-bond donors (Lipinski definition) is 0. The summed E-state index contributed by atoms with van der Waals surface area (Å²) < 4.78 is 39.5. The zero-order valence-electron chi connectivity index (χ0n) is 21.8. The number of thioether (sulfide) groups is 1. The number of nitrogens with zero attached hydrogens (tertiary/aromatic N) is 6. The Morgan fingerprint density at radius 2 is 1.97 bits per heavy atom. The van der Waals surface area contributed by atoms with Crippen LogP contribution in [0.25, 0.3) is 6.08 Å². The van der Waals surface area contributed by atoms with Gasteiger partial charge in [0.2, 0.25) is 0 Å². The number of benzene rings is 1. The summed E-state index contributed by atoms with van der Waals surface area (Å²) in [6.45, 7) is 3.37. The van der Waals surface area contributed by atoms with Gasteiger partial charge in [-0.05, 0) is 37.6 Å². The molecule has 0 aliphatic carbocycles. The number of imidazole rings is 1. The van der Waals surface area contributed by atoms with Crippen LogP contribution in [0, 0.1) is 0 Å². The second-order valence-electron chi connectivity index (χ2n) is 9.75. The first-order chi connectivity index (χ1) is 18.5. The Kier molecular flexibility index (Phi) is 7.01. The number of carbonyl (C=O) groups excluding carboxylic acids is 2. The van der Waals surface area contributed by atoms with Crippen molar-refractivity contribution in [2.24, 2.45) is 7.05 Å². The number of amides is 1. The van der Waals surface area contributed by atoms with Gasteiger partial charge >= 0.3 is 5.97 Å². The molecule has 0 bridgehead atoms. The van der Waals surface area contributed by atoms with Crippen LogP contribution in [0.15, 0.2) is 53.6 Å². The Balaban J connectivity index is 1.28. The molecule has 2 aromatic heterocycles. The monoisotopic (exact) mass is 572 g/mol. The van der Waals surface area contributed by atoms with E-state index in [0.717, 1.165) is 10.1 Å². The molecule has 14 heteroatoms. The van der Waals surface area contributed by atoms with E-state index >= 15 is 0 Å². The van der Waals surface area contributed by atoms with Crippen LogP contribution in [0.3, 0.4) is 0 Å². The van der Waals surface area contributed by atoms with Gasteiger partial charge in [-0.2, -0.15) is 0 Å². The number of carbonyl (C=O) groups is 2. The van der Waals surface area contributed by atoms with Gasteiger partial charge in [-0.3, -0.25) is 9.48 Å². The van der Waals surface area contributed by atoms with Crippen molar-refractivity contribution < 1.29 is 27.5 Å².